The van der Waals surface area contributed by atoms with Crippen LogP contribution in [0.15, 0.2) is 23.1 Å². The molecule has 0 aliphatic heterocycles. The molecule has 0 aliphatic carbocycles. The Balaban J connectivity index is 3.24. The molecule has 0 saturated heterocycles. The predicted octanol–water partition coefficient (Wildman–Crippen LogP) is 1.14. The molecule has 1 atom stereocenters. The number of nitrogens with zero attached hydrogens (tertiary/aromatic N) is 2. The van der Waals surface area contributed by atoms with Gasteiger partial charge in [0.2, 0.25) is 10.0 Å². The number of ether oxygens (including phenoxy) is 1. The van der Waals surface area contributed by atoms with Gasteiger partial charge in [-0.25, -0.2) is 21.9 Å². The molecule has 0 fully saturated rings. The number of rotatable bonds is 4. The quantitative estimate of drug-likeness (QED) is 0.778. The number of carbonyl (C=O) groups excluding carboxylic acids is 1. The van der Waals surface area contributed by atoms with E-state index in [1.165, 1.54) is 21.0 Å². The molecule has 0 aliphatic rings. The van der Waals surface area contributed by atoms with E-state index in [1.807, 2.05) is 0 Å². The molecule has 0 unspecified atom stereocenters. The Bertz CT molecular complexity index is 665. The van der Waals surface area contributed by atoms with E-state index in [9.17, 15) is 17.6 Å². The smallest absolute Gasteiger partial charge is 0.342 e. The van der Waals surface area contributed by atoms with Gasteiger partial charge in [0.05, 0.1) is 10.5 Å². The van der Waals surface area contributed by atoms with Crippen molar-refractivity contribution in [3.8, 4) is 6.07 Å². The Kier molecular flexibility index (Phi) is 4.81. The van der Waals surface area contributed by atoms with E-state index >= 15 is 0 Å². The van der Waals surface area contributed by atoms with Crippen molar-refractivity contribution in [2.24, 2.45) is 0 Å². The minimum atomic E-state index is -3.79. The number of nitriles is 1. The van der Waals surface area contributed by atoms with Gasteiger partial charge in [-0.15, -0.1) is 0 Å². The number of hydrogen-bond acceptors (Lipinski definition) is 5. The topological polar surface area (TPSA) is 87.5 Å². The van der Waals surface area contributed by atoms with Crippen molar-refractivity contribution in [2.45, 2.75) is 17.9 Å². The van der Waals surface area contributed by atoms with Crippen molar-refractivity contribution in [2.75, 3.05) is 14.1 Å². The maximum atomic E-state index is 13.6. The molecular weight excluding hydrogens is 287 g/mol. The second-order valence-corrected chi connectivity index (χ2v) is 6.26. The molecule has 0 radical (unpaired) electrons. The highest BCUT2D eigenvalue weighted by Gasteiger charge is 2.22. The van der Waals surface area contributed by atoms with Gasteiger partial charge in [0, 0.05) is 14.1 Å². The van der Waals surface area contributed by atoms with Crippen molar-refractivity contribution in [1.82, 2.24) is 4.31 Å². The minimum Gasteiger partial charge on any atom is -0.444 e. The third-order valence-corrected chi connectivity index (χ3v) is 4.21. The molecule has 1 rings (SSSR count). The van der Waals surface area contributed by atoms with Gasteiger partial charge in [-0.2, -0.15) is 5.26 Å². The summed E-state index contributed by atoms with van der Waals surface area (Å²) in [5, 5.41) is 8.53. The van der Waals surface area contributed by atoms with Gasteiger partial charge in [0.25, 0.3) is 0 Å². The van der Waals surface area contributed by atoms with Gasteiger partial charge in [-0.3, -0.25) is 0 Å². The molecule has 0 bridgehead atoms. The fraction of sp³-hybridized carbons (Fsp3) is 0.333. The lowest BCUT2D eigenvalue weighted by Gasteiger charge is -2.13. The number of benzene rings is 1. The highest BCUT2D eigenvalue weighted by Crippen LogP contribution is 2.18. The van der Waals surface area contributed by atoms with Gasteiger partial charge < -0.3 is 4.74 Å². The van der Waals surface area contributed by atoms with Crippen molar-refractivity contribution in [1.29, 1.82) is 5.26 Å². The van der Waals surface area contributed by atoms with Crippen LogP contribution in [0.25, 0.3) is 0 Å². The van der Waals surface area contributed by atoms with Crippen LogP contribution in [0.2, 0.25) is 0 Å². The molecule has 0 amide bonds. The SMILES string of the molecule is C[C@@H](C#N)OC(=O)c1cc(S(=O)(=O)N(C)C)ccc1F. The van der Waals surface area contributed by atoms with Crippen molar-refractivity contribution in [3.63, 3.8) is 0 Å². The molecule has 108 valence electrons. The fourth-order valence-corrected chi connectivity index (χ4v) is 2.21. The Hall–Kier alpha value is -1.98. The molecule has 1 aromatic carbocycles. The lowest BCUT2D eigenvalue weighted by molar-refractivity contribution is 0.0430. The molecule has 0 N–H and O–H groups in total. The minimum absolute atomic E-state index is 0.236. The summed E-state index contributed by atoms with van der Waals surface area (Å²) in [7, 11) is -1.16. The van der Waals surface area contributed by atoms with Gasteiger partial charge in [0.15, 0.2) is 6.10 Å². The number of hydrogen-bond donors (Lipinski definition) is 0. The first-order chi connectivity index (χ1) is 9.20. The molecule has 8 heteroatoms. The van der Waals surface area contributed by atoms with Crippen LogP contribution in [0.5, 0.6) is 0 Å². The maximum Gasteiger partial charge on any atom is 0.342 e. The van der Waals surface area contributed by atoms with Gasteiger partial charge in [0.1, 0.15) is 11.9 Å². The standard InChI is InChI=1S/C12H13FN2O4S/c1-8(7-14)19-12(16)10-6-9(4-5-11(10)13)20(17,18)15(2)3/h4-6,8H,1-3H3/t8-/m0/s1. The first kappa shape index (κ1) is 16.1. The molecule has 20 heavy (non-hydrogen) atoms. The van der Waals surface area contributed by atoms with Crippen molar-refractivity contribution < 1.29 is 22.3 Å². The molecule has 0 aromatic heterocycles. The Morgan fingerprint density at radius 2 is 2.05 bits per heavy atom. The second-order valence-electron chi connectivity index (χ2n) is 4.11. The number of esters is 1. The Morgan fingerprint density at radius 1 is 1.45 bits per heavy atom. The normalized spacial score (nSPS) is 12.8. The summed E-state index contributed by atoms with van der Waals surface area (Å²) in [6.45, 7) is 1.32. The van der Waals surface area contributed by atoms with Crippen molar-refractivity contribution in [3.05, 3.63) is 29.6 Å². The van der Waals surface area contributed by atoms with Gasteiger partial charge in [-0.1, -0.05) is 0 Å². The summed E-state index contributed by atoms with van der Waals surface area (Å²) in [6.07, 6.45) is -1.06. The van der Waals surface area contributed by atoms with E-state index in [1.54, 1.807) is 6.07 Å². The molecular formula is C12H13FN2O4S. The summed E-state index contributed by atoms with van der Waals surface area (Å²) < 4.78 is 42.9. The van der Waals surface area contributed by atoms with Crippen LogP contribution in [-0.4, -0.2) is 38.9 Å². The Labute approximate surface area is 116 Å². The lowest BCUT2D eigenvalue weighted by atomic mass is 10.2. The molecule has 0 saturated carbocycles. The largest absolute Gasteiger partial charge is 0.444 e. The summed E-state index contributed by atoms with van der Waals surface area (Å²) >= 11 is 0. The van der Waals surface area contributed by atoms with E-state index in [2.05, 4.69) is 4.74 Å². The van der Waals surface area contributed by atoms with Crippen LogP contribution in [0.3, 0.4) is 0 Å². The lowest BCUT2D eigenvalue weighted by Crippen LogP contribution is -2.23. The average Bonchev–Trinajstić information content (AvgIpc) is 2.38. The zero-order chi connectivity index (χ0) is 15.5. The highest BCUT2D eigenvalue weighted by molar-refractivity contribution is 7.89. The average molecular weight is 300 g/mol. The van der Waals surface area contributed by atoms with Gasteiger partial charge in [-0.05, 0) is 25.1 Å². The molecule has 0 spiro atoms. The van der Waals surface area contributed by atoms with Crippen LogP contribution in [0.1, 0.15) is 17.3 Å². The summed E-state index contributed by atoms with van der Waals surface area (Å²) in [6, 6.07) is 4.46. The highest BCUT2D eigenvalue weighted by atomic mass is 32.2. The zero-order valence-corrected chi connectivity index (χ0v) is 11.9. The predicted molar refractivity (Wildman–Crippen MR) is 67.8 cm³/mol. The molecule has 6 nitrogen and oxygen atoms in total. The second kappa shape index (κ2) is 5.98. The van der Waals surface area contributed by atoms with Gasteiger partial charge >= 0.3 is 5.97 Å². The summed E-state index contributed by atoms with van der Waals surface area (Å²) in [5.74, 6) is -2.01. The van der Waals surface area contributed by atoms with E-state index in [4.69, 9.17) is 5.26 Å². The van der Waals surface area contributed by atoms with Crippen LogP contribution >= 0.6 is 0 Å². The zero-order valence-electron chi connectivity index (χ0n) is 11.1. The number of sulfonamides is 1. The summed E-state index contributed by atoms with van der Waals surface area (Å²) in [4.78, 5) is 11.4. The Morgan fingerprint density at radius 3 is 2.55 bits per heavy atom. The van der Waals surface area contributed by atoms with E-state index in [0.717, 1.165) is 22.5 Å². The first-order valence-corrected chi connectivity index (χ1v) is 6.97. The molecule has 0 heterocycles. The fourth-order valence-electron chi connectivity index (χ4n) is 1.28. The van der Waals surface area contributed by atoms with E-state index in [0.29, 0.717) is 0 Å². The van der Waals surface area contributed by atoms with E-state index < -0.39 is 33.5 Å². The number of halogens is 1. The molecule has 1 aromatic rings. The summed E-state index contributed by atoms with van der Waals surface area (Å²) in [5.41, 5.74) is -0.532. The van der Waals surface area contributed by atoms with Crippen LogP contribution in [0.4, 0.5) is 4.39 Å². The van der Waals surface area contributed by atoms with Crippen LogP contribution in [0, 0.1) is 17.1 Å². The third kappa shape index (κ3) is 3.31. The van der Waals surface area contributed by atoms with Crippen LogP contribution < -0.4 is 0 Å². The van der Waals surface area contributed by atoms with Crippen LogP contribution in [-0.2, 0) is 14.8 Å². The monoisotopic (exact) mass is 300 g/mol. The first-order valence-electron chi connectivity index (χ1n) is 5.53. The van der Waals surface area contributed by atoms with Crippen molar-refractivity contribution >= 4 is 16.0 Å². The number of carbonyl (C=O) groups is 1. The third-order valence-electron chi connectivity index (χ3n) is 2.40. The maximum absolute atomic E-state index is 13.6. The van der Waals surface area contributed by atoms with E-state index in [-0.39, 0.29) is 4.90 Å².